The van der Waals surface area contributed by atoms with Crippen LogP contribution in [0.2, 0.25) is 0 Å². The molecule has 0 aromatic carbocycles. The number of ether oxygens (including phenoxy) is 1. The van der Waals surface area contributed by atoms with Crippen LogP contribution in [-0.4, -0.2) is 37.7 Å². The Hall–Kier alpha value is -0.610. The van der Waals surface area contributed by atoms with Crippen molar-refractivity contribution in [2.75, 3.05) is 13.7 Å². The average molecular weight is 258 g/mol. The van der Waals surface area contributed by atoms with Crippen LogP contribution in [0.15, 0.2) is 0 Å². The number of rotatable bonds is 9. The van der Waals surface area contributed by atoms with Crippen LogP contribution in [0.1, 0.15) is 47.5 Å². The highest BCUT2D eigenvalue weighted by atomic mass is 16.5. The molecule has 108 valence electrons. The van der Waals surface area contributed by atoms with Gasteiger partial charge in [-0.05, 0) is 25.7 Å². The van der Waals surface area contributed by atoms with Crippen molar-refractivity contribution in [3.8, 4) is 0 Å². The van der Waals surface area contributed by atoms with Crippen LogP contribution in [0.25, 0.3) is 0 Å². The molecule has 4 nitrogen and oxygen atoms in total. The summed E-state index contributed by atoms with van der Waals surface area (Å²) in [5.74, 6) is 0.513. The van der Waals surface area contributed by atoms with E-state index in [1.807, 2.05) is 6.92 Å². The van der Waals surface area contributed by atoms with Gasteiger partial charge in [-0.2, -0.15) is 0 Å². The van der Waals surface area contributed by atoms with Crippen LogP contribution in [0.3, 0.4) is 0 Å². The fourth-order valence-corrected chi connectivity index (χ4v) is 1.83. The van der Waals surface area contributed by atoms with E-state index in [1.165, 1.54) is 0 Å². The summed E-state index contributed by atoms with van der Waals surface area (Å²) in [5.41, 5.74) is 0. The summed E-state index contributed by atoms with van der Waals surface area (Å²) in [6, 6.07) is 0.298. The Kier molecular flexibility index (Phi) is 9.02. The van der Waals surface area contributed by atoms with E-state index in [0.717, 1.165) is 12.8 Å². The molecule has 0 heterocycles. The van der Waals surface area contributed by atoms with E-state index in [2.05, 4.69) is 38.3 Å². The molecule has 0 fully saturated rings. The molecular weight excluding hydrogens is 228 g/mol. The molecule has 0 aliphatic heterocycles. The Morgan fingerprint density at radius 1 is 1.17 bits per heavy atom. The van der Waals surface area contributed by atoms with Gasteiger partial charge in [-0.15, -0.1) is 0 Å². The fraction of sp³-hybridized carbons (Fsp3) is 0.929. The molecule has 0 radical (unpaired) electrons. The molecule has 0 aromatic rings. The van der Waals surface area contributed by atoms with Gasteiger partial charge >= 0.3 is 0 Å². The number of amides is 1. The maximum absolute atomic E-state index is 12.0. The van der Waals surface area contributed by atoms with Crippen molar-refractivity contribution < 1.29 is 9.53 Å². The minimum atomic E-state index is -0.187. The molecular formula is C14H30N2O2. The maximum Gasteiger partial charge on any atom is 0.237 e. The third kappa shape index (κ3) is 6.36. The van der Waals surface area contributed by atoms with Gasteiger partial charge in [0.2, 0.25) is 5.91 Å². The normalized spacial score (nSPS) is 14.9. The zero-order valence-corrected chi connectivity index (χ0v) is 12.7. The molecule has 2 N–H and O–H groups in total. The molecule has 4 heteroatoms. The third-order valence-corrected chi connectivity index (χ3v) is 3.34. The molecule has 0 aromatic heterocycles. The summed E-state index contributed by atoms with van der Waals surface area (Å²) in [4.78, 5) is 12.0. The lowest BCUT2D eigenvalue weighted by Gasteiger charge is -2.26. The predicted octanol–water partition coefficient (Wildman–Crippen LogP) is 1.94. The van der Waals surface area contributed by atoms with Gasteiger partial charge in [-0.1, -0.05) is 27.7 Å². The standard InChI is InChI=1S/C14H30N2O2/c1-7-12(8-2)16-14(17)11(5)15-13(9-18-6)10(3)4/h10-13,15H,7-9H2,1-6H3,(H,16,17). The molecule has 1 amide bonds. The molecule has 18 heavy (non-hydrogen) atoms. The lowest BCUT2D eigenvalue weighted by molar-refractivity contribution is -0.123. The quantitative estimate of drug-likeness (QED) is 0.664. The van der Waals surface area contributed by atoms with Gasteiger partial charge in [0.15, 0.2) is 0 Å². The fourth-order valence-electron chi connectivity index (χ4n) is 1.83. The monoisotopic (exact) mass is 258 g/mol. The van der Waals surface area contributed by atoms with Gasteiger partial charge in [0.1, 0.15) is 0 Å². The van der Waals surface area contributed by atoms with Crippen molar-refractivity contribution in [1.29, 1.82) is 0 Å². The van der Waals surface area contributed by atoms with E-state index in [4.69, 9.17) is 4.74 Å². The van der Waals surface area contributed by atoms with Crippen LogP contribution >= 0.6 is 0 Å². The van der Waals surface area contributed by atoms with Crippen molar-refractivity contribution in [1.82, 2.24) is 10.6 Å². The third-order valence-electron chi connectivity index (χ3n) is 3.34. The molecule has 0 saturated heterocycles. The molecule has 0 aliphatic carbocycles. The first-order chi connectivity index (χ1) is 8.46. The predicted molar refractivity (Wildman–Crippen MR) is 75.6 cm³/mol. The maximum atomic E-state index is 12.0. The molecule has 0 saturated carbocycles. The SMILES string of the molecule is CCC(CC)NC(=O)C(C)NC(COC)C(C)C. The summed E-state index contributed by atoms with van der Waals surface area (Å²) < 4.78 is 5.18. The number of hydrogen-bond donors (Lipinski definition) is 2. The van der Waals surface area contributed by atoms with E-state index in [9.17, 15) is 4.79 Å². The first kappa shape index (κ1) is 17.4. The summed E-state index contributed by atoms with van der Waals surface area (Å²) >= 11 is 0. The second-order valence-corrected chi connectivity index (χ2v) is 5.22. The highest BCUT2D eigenvalue weighted by molar-refractivity contribution is 5.81. The Bertz CT molecular complexity index is 228. The molecule has 0 bridgehead atoms. The van der Waals surface area contributed by atoms with E-state index in [1.54, 1.807) is 7.11 Å². The van der Waals surface area contributed by atoms with Gasteiger partial charge in [0, 0.05) is 19.2 Å². The Labute approximate surface area is 112 Å². The van der Waals surface area contributed by atoms with Crippen molar-refractivity contribution in [3.63, 3.8) is 0 Å². The van der Waals surface area contributed by atoms with Crippen LogP contribution in [-0.2, 0) is 9.53 Å². The van der Waals surface area contributed by atoms with Crippen LogP contribution in [0.4, 0.5) is 0 Å². The number of nitrogens with one attached hydrogen (secondary N) is 2. The van der Waals surface area contributed by atoms with Gasteiger partial charge in [-0.3, -0.25) is 4.79 Å². The zero-order valence-electron chi connectivity index (χ0n) is 12.7. The summed E-state index contributed by atoms with van der Waals surface area (Å²) in [6.45, 7) is 11.0. The molecule has 0 rings (SSSR count). The second kappa shape index (κ2) is 9.34. The van der Waals surface area contributed by atoms with E-state index >= 15 is 0 Å². The average Bonchev–Trinajstić information content (AvgIpc) is 2.34. The van der Waals surface area contributed by atoms with Crippen molar-refractivity contribution in [2.24, 2.45) is 5.92 Å². The van der Waals surface area contributed by atoms with Crippen LogP contribution in [0.5, 0.6) is 0 Å². The van der Waals surface area contributed by atoms with Gasteiger partial charge in [0.05, 0.1) is 12.6 Å². The first-order valence-electron chi connectivity index (χ1n) is 7.01. The lowest BCUT2D eigenvalue weighted by atomic mass is 10.0. The van der Waals surface area contributed by atoms with Crippen LogP contribution in [0, 0.1) is 5.92 Å². The largest absolute Gasteiger partial charge is 0.383 e. The smallest absolute Gasteiger partial charge is 0.237 e. The van der Waals surface area contributed by atoms with Gasteiger partial charge in [0.25, 0.3) is 0 Å². The second-order valence-electron chi connectivity index (χ2n) is 5.22. The Balaban J connectivity index is 4.27. The van der Waals surface area contributed by atoms with E-state index in [0.29, 0.717) is 12.5 Å². The van der Waals surface area contributed by atoms with Crippen molar-refractivity contribution in [3.05, 3.63) is 0 Å². The minimum absolute atomic E-state index is 0.0745. The number of carbonyl (C=O) groups is 1. The molecule has 2 atom stereocenters. The molecule has 0 spiro atoms. The highest BCUT2D eigenvalue weighted by Crippen LogP contribution is 2.04. The van der Waals surface area contributed by atoms with Crippen molar-refractivity contribution in [2.45, 2.75) is 65.6 Å². The number of carbonyl (C=O) groups excluding carboxylic acids is 1. The van der Waals surface area contributed by atoms with Crippen LogP contribution < -0.4 is 10.6 Å². The molecule has 2 unspecified atom stereocenters. The van der Waals surface area contributed by atoms with Gasteiger partial charge in [-0.25, -0.2) is 0 Å². The number of methoxy groups -OCH3 is 1. The van der Waals surface area contributed by atoms with E-state index in [-0.39, 0.29) is 24.0 Å². The Morgan fingerprint density at radius 2 is 1.72 bits per heavy atom. The number of hydrogen-bond acceptors (Lipinski definition) is 3. The highest BCUT2D eigenvalue weighted by Gasteiger charge is 2.21. The molecule has 0 aliphatic rings. The lowest BCUT2D eigenvalue weighted by Crippen LogP contribution is -2.51. The summed E-state index contributed by atoms with van der Waals surface area (Å²) in [6.07, 6.45) is 1.95. The van der Waals surface area contributed by atoms with Crippen molar-refractivity contribution >= 4 is 5.91 Å². The zero-order chi connectivity index (χ0) is 14.1. The van der Waals surface area contributed by atoms with E-state index < -0.39 is 0 Å². The first-order valence-corrected chi connectivity index (χ1v) is 7.01. The van der Waals surface area contributed by atoms with Gasteiger partial charge < -0.3 is 15.4 Å². The summed E-state index contributed by atoms with van der Waals surface area (Å²) in [5, 5.41) is 6.39. The Morgan fingerprint density at radius 3 is 2.11 bits per heavy atom. The topological polar surface area (TPSA) is 50.4 Å². The minimum Gasteiger partial charge on any atom is -0.383 e. The summed E-state index contributed by atoms with van der Waals surface area (Å²) in [7, 11) is 1.69.